The van der Waals surface area contributed by atoms with Crippen molar-refractivity contribution in [2.75, 3.05) is 26.2 Å². The zero-order valence-electron chi connectivity index (χ0n) is 13.1. The van der Waals surface area contributed by atoms with E-state index in [0.29, 0.717) is 12.5 Å². The van der Waals surface area contributed by atoms with Crippen molar-refractivity contribution in [1.82, 2.24) is 15.5 Å². The van der Waals surface area contributed by atoms with Crippen LogP contribution in [0, 0.1) is 0 Å². The Kier molecular flexibility index (Phi) is 6.80. The van der Waals surface area contributed by atoms with E-state index < -0.39 is 0 Å². The van der Waals surface area contributed by atoms with E-state index in [2.05, 4.69) is 22.5 Å². The van der Waals surface area contributed by atoms with Crippen molar-refractivity contribution in [2.45, 2.75) is 65.0 Å². The number of hydrogen-bond donors (Lipinski definition) is 2. The van der Waals surface area contributed by atoms with Crippen LogP contribution in [0.5, 0.6) is 0 Å². The van der Waals surface area contributed by atoms with Gasteiger partial charge in [-0.3, -0.25) is 4.79 Å². The minimum Gasteiger partial charge on any atom is -0.351 e. The van der Waals surface area contributed by atoms with Crippen LogP contribution in [0.1, 0.15) is 53.4 Å². The van der Waals surface area contributed by atoms with Gasteiger partial charge in [-0.15, -0.1) is 0 Å². The second kappa shape index (κ2) is 7.85. The molecule has 0 unspecified atom stereocenters. The molecular formula is C15H31N3O. The molecule has 1 aliphatic heterocycles. The Morgan fingerprint density at radius 1 is 1.26 bits per heavy atom. The fraction of sp³-hybridized carbons (Fsp3) is 0.933. The van der Waals surface area contributed by atoms with Gasteiger partial charge in [-0.25, -0.2) is 0 Å². The number of carbonyl (C=O) groups is 1. The number of nitrogens with zero attached hydrogens (tertiary/aromatic N) is 1. The molecule has 1 amide bonds. The first-order valence-electron chi connectivity index (χ1n) is 7.67. The molecule has 0 aromatic heterocycles. The predicted molar refractivity (Wildman–Crippen MR) is 80.3 cm³/mol. The number of hydrogen-bond acceptors (Lipinski definition) is 3. The van der Waals surface area contributed by atoms with E-state index >= 15 is 0 Å². The van der Waals surface area contributed by atoms with Crippen molar-refractivity contribution in [3.63, 3.8) is 0 Å². The highest BCUT2D eigenvalue weighted by Crippen LogP contribution is 2.10. The molecule has 0 saturated carbocycles. The van der Waals surface area contributed by atoms with Gasteiger partial charge in [0.1, 0.15) is 0 Å². The highest BCUT2D eigenvalue weighted by atomic mass is 16.1. The molecule has 0 aliphatic carbocycles. The smallest absolute Gasteiger partial charge is 0.221 e. The number of rotatable bonds is 6. The van der Waals surface area contributed by atoms with E-state index in [1.807, 2.05) is 20.8 Å². The van der Waals surface area contributed by atoms with Crippen LogP contribution in [-0.2, 0) is 4.79 Å². The Morgan fingerprint density at radius 2 is 1.89 bits per heavy atom. The average Bonchev–Trinajstić information content (AvgIpc) is 2.29. The van der Waals surface area contributed by atoms with Crippen LogP contribution < -0.4 is 10.6 Å². The molecule has 1 aliphatic rings. The van der Waals surface area contributed by atoms with Gasteiger partial charge in [0, 0.05) is 24.5 Å². The van der Waals surface area contributed by atoms with Gasteiger partial charge >= 0.3 is 0 Å². The van der Waals surface area contributed by atoms with Gasteiger partial charge in [-0.05, 0) is 59.7 Å². The topological polar surface area (TPSA) is 44.4 Å². The predicted octanol–water partition coefficient (Wildman–Crippen LogP) is 1.76. The van der Waals surface area contributed by atoms with E-state index in [4.69, 9.17) is 0 Å². The number of nitrogens with one attached hydrogen (secondary N) is 2. The summed E-state index contributed by atoms with van der Waals surface area (Å²) in [5.74, 6) is 0.142. The third-order valence-electron chi connectivity index (χ3n) is 3.43. The first-order valence-corrected chi connectivity index (χ1v) is 7.67. The lowest BCUT2D eigenvalue weighted by Crippen LogP contribution is -2.45. The molecule has 1 heterocycles. The van der Waals surface area contributed by atoms with Crippen molar-refractivity contribution in [3.05, 3.63) is 0 Å². The van der Waals surface area contributed by atoms with Gasteiger partial charge in [0.15, 0.2) is 0 Å². The zero-order chi connectivity index (χ0) is 14.3. The Hall–Kier alpha value is -0.610. The Morgan fingerprint density at radius 3 is 2.42 bits per heavy atom. The third kappa shape index (κ3) is 7.53. The molecule has 19 heavy (non-hydrogen) atoms. The summed E-state index contributed by atoms with van der Waals surface area (Å²) in [4.78, 5) is 14.2. The minimum absolute atomic E-state index is 0.122. The molecule has 0 aromatic carbocycles. The molecule has 1 saturated heterocycles. The van der Waals surface area contributed by atoms with Gasteiger partial charge in [0.25, 0.3) is 0 Å². The molecule has 0 spiro atoms. The molecule has 112 valence electrons. The SMILES string of the molecule is CCCN1CCC(NCCC(=O)NC(C)(C)C)CC1. The quantitative estimate of drug-likeness (QED) is 0.772. The third-order valence-corrected chi connectivity index (χ3v) is 3.43. The maximum Gasteiger partial charge on any atom is 0.221 e. The zero-order valence-corrected chi connectivity index (χ0v) is 13.1. The summed E-state index contributed by atoms with van der Waals surface area (Å²) < 4.78 is 0. The maximum absolute atomic E-state index is 11.7. The number of amides is 1. The lowest BCUT2D eigenvalue weighted by Gasteiger charge is -2.32. The maximum atomic E-state index is 11.7. The molecule has 0 atom stereocenters. The summed E-state index contributed by atoms with van der Waals surface area (Å²) in [5, 5.41) is 6.51. The Balaban J connectivity index is 2.09. The largest absolute Gasteiger partial charge is 0.351 e. The van der Waals surface area contributed by atoms with Gasteiger partial charge < -0.3 is 15.5 Å². The summed E-state index contributed by atoms with van der Waals surface area (Å²) >= 11 is 0. The van der Waals surface area contributed by atoms with Crippen molar-refractivity contribution >= 4 is 5.91 Å². The molecule has 2 N–H and O–H groups in total. The molecule has 0 radical (unpaired) electrons. The van der Waals surface area contributed by atoms with Crippen molar-refractivity contribution in [2.24, 2.45) is 0 Å². The molecule has 4 heteroatoms. The summed E-state index contributed by atoms with van der Waals surface area (Å²) in [5.41, 5.74) is -0.122. The first kappa shape index (κ1) is 16.4. The number of likely N-dealkylation sites (tertiary alicyclic amines) is 1. The van der Waals surface area contributed by atoms with Crippen LogP contribution >= 0.6 is 0 Å². The Bertz CT molecular complexity index is 265. The molecule has 0 bridgehead atoms. The van der Waals surface area contributed by atoms with E-state index in [9.17, 15) is 4.79 Å². The lowest BCUT2D eigenvalue weighted by molar-refractivity contribution is -0.122. The van der Waals surface area contributed by atoms with Gasteiger partial charge in [0.2, 0.25) is 5.91 Å². The summed E-state index contributed by atoms with van der Waals surface area (Å²) in [6.45, 7) is 12.7. The van der Waals surface area contributed by atoms with Gasteiger partial charge in [0.05, 0.1) is 0 Å². The standard InChI is InChI=1S/C15H31N3O/c1-5-10-18-11-7-13(8-12-18)16-9-6-14(19)17-15(2,3)4/h13,16H,5-12H2,1-4H3,(H,17,19). The van der Waals surface area contributed by atoms with E-state index in [1.54, 1.807) is 0 Å². The van der Waals surface area contributed by atoms with Gasteiger partial charge in [-0.1, -0.05) is 6.92 Å². The highest BCUT2D eigenvalue weighted by molar-refractivity contribution is 5.76. The molecular weight excluding hydrogens is 238 g/mol. The average molecular weight is 269 g/mol. The van der Waals surface area contributed by atoms with Crippen molar-refractivity contribution in [1.29, 1.82) is 0 Å². The summed E-state index contributed by atoms with van der Waals surface area (Å²) in [7, 11) is 0. The van der Waals surface area contributed by atoms with Crippen LogP contribution in [-0.4, -0.2) is 48.6 Å². The monoisotopic (exact) mass is 269 g/mol. The molecule has 1 fully saturated rings. The fourth-order valence-electron chi connectivity index (χ4n) is 2.55. The number of carbonyl (C=O) groups excluding carboxylic acids is 1. The van der Waals surface area contributed by atoms with Crippen LogP contribution in [0.2, 0.25) is 0 Å². The second-order valence-electron chi connectivity index (χ2n) is 6.62. The van der Waals surface area contributed by atoms with Crippen LogP contribution in [0.25, 0.3) is 0 Å². The summed E-state index contributed by atoms with van der Waals surface area (Å²) in [6, 6.07) is 0.593. The van der Waals surface area contributed by atoms with Gasteiger partial charge in [-0.2, -0.15) is 0 Å². The molecule has 4 nitrogen and oxygen atoms in total. The molecule has 1 rings (SSSR count). The van der Waals surface area contributed by atoms with Crippen molar-refractivity contribution in [3.8, 4) is 0 Å². The van der Waals surface area contributed by atoms with Crippen LogP contribution in [0.15, 0.2) is 0 Å². The minimum atomic E-state index is -0.122. The molecule has 0 aromatic rings. The normalized spacial score (nSPS) is 18.5. The van der Waals surface area contributed by atoms with Crippen molar-refractivity contribution < 1.29 is 4.79 Å². The highest BCUT2D eigenvalue weighted by Gasteiger charge is 2.18. The van der Waals surface area contributed by atoms with E-state index in [-0.39, 0.29) is 11.4 Å². The lowest BCUT2D eigenvalue weighted by atomic mass is 10.0. The van der Waals surface area contributed by atoms with E-state index in [0.717, 1.165) is 6.54 Å². The van der Waals surface area contributed by atoms with E-state index in [1.165, 1.54) is 38.9 Å². The number of piperidine rings is 1. The fourth-order valence-corrected chi connectivity index (χ4v) is 2.55. The van der Waals surface area contributed by atoms with Crippen LogP contribution in [0.3, 0.4) is 0 Å². The second-order valence-corrected chi connectivity index (χ2v) is 6.62. The Labute approximate surface area is 118 Å². The summed E-state index contributed by atoms with van der Waals surface area (Å²) in [6.07, 6.45) is 4.24. The first-order chi connectivity index (χ1) is 8.90. The van der Waals surface area contributed by atoms with Crippen LogP contribution in [0.4, 0.5) is 0 Å².